The lowest BCUT2D eigenvalue weighted by molar-refractivity contribution is 0.0383. The molecule has 1 aliphatic heterocycles. The van der Waals surface area contributed by atoms with E-state index < -0.39 is 0 Å². The van der Waals surface area contributed by atoms with Gasteiger partial charge < -0.3 is 15.4 Å². The minimum Gasteiger partial charge on any atom is -0.379 e. The van der Waals surface area contributed by atoms with Gasteiger partial charge in [-0.3, -0.25) is 14.7 Å². The number of carbonyl (C=O) groups excluding carboxylic acids is 1. The molecule has 3 aromatic heterocycles. The molecule has 0 spiro atoms. The fourth-order valence-corrected chi connectivity index (χ4v) is 3.83. The van der Waals surface area contributed by atoms with Crippen molar-refractivity contribution in [1.82, 2.24) is 30.0 Å². The van der Waals surface area contributed by atoms with Gasteiger partial charge in [-0.1, -0.05) is 0 Å². The number of anilines is 2. The highest BCUT2D eigenvalue weighted by atomic mass is 16.5. The lowest BCUT2D eigenvalue weighted by Crippen LogP contribution is -2.41. The number of morpholine rings is 1. The minimum absolute atomic E-state index is 0.119. The van der Waals surface area contributed by atoms with Crippen LogP contribution in [0.2, 0.25) is 0 Å². The summed E-state index contributed by atoms with van der Waals surface area (Å²) in [5, 5.41) is 11.8. The van der Waals surface area contributed by atoms with Crippen molar-refractivity contribution in [3.63, 3.8) is 0 Å². The summed E-state index contributed by atoms with van der Waals surface area (Å²) < 4.78 is 7.10. The van der Waals surface area contributed by atoms with E-state index in [2.05, 4.69) is 30.6 Å². The molecular weight excluding hydrogens is 418 g/mol. The monoisotopic (exact) mass is 443 g/mol. The molecule has 9 heteroatoms. The molecule has 1 aromatic carbocycles. The van der Waals surface area contributed by atoms with Crippen LogP contribution in [0.25, 0.3) is 16.7 Å². The van der Waals surface area contributed by atoms with Gasteiger partial charge in [0.2, 0.25) is 0 Å². The Hall–Kier alpha value is -3.82. The summed E-state index contributed by atoms with van der Waals surface area (Å²) in [4.78, 5) is 23.5. The van der Waals surface area contributed by atoms with Crippen LogP contribution >= 0.6 is 0 Å². The van der Waals surface area contributed by atoms with Gasteiger partial charge in [0.05, 0.1) is 36.8 Å². The summed E-state index contributed by atoms with van der Waals surface area (Å²) in [5.74, 6) is 0.477. The van der Waals surface area contributed by atoms with E-state index in [0.717, 1.165) is 55.1 Å². The minimum atomic E-state index is -0.119. The summed E-state index contributed by atoms with van der Waals surface area (Å²) in [6.07, 6.45) is 6.94. The molecule has 1 amide bonds. The molecule has 1 saturated heterocycles. The first kappa shape index (κ1) is 21.0. The van der Waals surface area contributed by atoms with E-state index in [0.29, 0.717) is 17.9 Å². The molecule has 2 N–H and O–H groups in total. The number of benzene rings is 1. The summed E-state index contributed by atoms with van der Waals surface area (Å²) in [7, 11) is 0. The third-order valence-electron chi connectivity index (χ3n) is 5.56. The molecule has 0 bridgehead atoms. The molecule has 4 aromatic rings. The second kappa shape index (κ2) is 9.76. The molecule has 9 nitrogen and oxygen atoms in total. The van der Waals surface area contributed by atoms with E-state index in [-0.39, 0.29) is 5.91 Å². The number of pyridine rings is 2. The number of ether oxygens (including phenoxy) is 1. The molecule has 4 heterocycles. The van der Waals surface area contributed by atoms with Crippen molar-refractivity contribution < 1.29 is 9.53 Å². The second-order valence-corrected chi connectivity index (χ2v) is 7.81. The highest BCUT2D eigenvalue weighted by Gasteiger charge is 2.13. The Morgan fingerprint density at radius 3 is 2.79 bits per heavy atom. The van der Waals surface area contributed by atoms with Crippen LogP contribution in [0.5, 0.6) is 0 Å². The van der Waals surface area contributed by atoms with E-state index in [1.165, 1.54) is 0 Å². The molecule has 1 aliphatic rings. The summed E-state index contributed by atoms with van der Waals surface area (Å²) in [6.45, 7) is 4.71. The molecule has 1 fully saturated rings. The molecule has 0 aliphatic carbocycles. The van der Waals surface area contributed by atoms with E-state index in [4.69, 9.17) is 4.74 Å². The van der Waals surface area contributed by atoms with Crippen LogP contribution in [0.3, 0.4) is 0 Å². The molecule has 0 unspecified atom stereocenters. The van der Waals surface area contributed by atoms with Gasteiger partial charge in [0, 0.05) is 55.2 Å². The number of aromatic nitrogens is 4. The number of amides is 1. The van der Waals surface area contributed by atoms with E-state index >= 15 is 0 Å². The number of nitrogens with one attached hydrogen (secondary N) is 2. The largest absolute Gasteiger partial charge is 0.379 e. The average molecular weight is 444 g/mol. The van der Waals surface area contributed by atoms with Gasteiger partial charge in [-0.15, -0.1) is 0 Å². The van der Waals surface area contributed by atoms with Crippen LogP contribution in [-0.4, -0.2) is 69.9 Å². The van der Waals surface area contributed by atoms with Gasteiger partial charge in [0.1, 0.15) is 0 Å². The predicted molar refractivity (Wildman–Crippen MR) is 126 cm³/mol. The van der Waals surface area contributed by atoms with Gasteiger partial charge in [0.25, 0.3) is 5.91 Å². The van der Waals surface area contributed by atoms with Gasteiger partial charge in [-0.05, 0) is 42.5 Å². The number of rotatable bonds is 7. The van der Waals surface area contributed by atoms with Crippen molar-refractivity contribution in [2.24, 2.45) is 0 Å². The first-order valence-corrected chi connectivity index (χ1v) is 11.0. The van der Waals surface area contributed by atoms with Crippen molar-refractivity contribution in [1.29, 1.82) is 0 Å². The lowest BCUT2D eigenvalue weighted by Gasteiger charge is -2.26. The van der Waals surface area contributed by atoms with Crippen molar-refractivity contribution >= 4 is 28.2 Å². The third kappa shape index (κ3) is 5.00. The molecule has 0 saturated carbocycles. The van der Waals surface area contributed by atoms with Gasteiger partial charge in [-0.2, -0.15) is 5.10 Å². The van der Waals surface area contributed by atoms with Crippen molar-refractivity contribution in [3.05, 3.63) is 72.8 Å². The smallest absolute Gasteiger partial charge is 0.251 e. The second-order valence-electron chi connectivity index (χ2n) is 7.81. The van der Waals surface area contributed by atoms with Crippen LogP contribution in [0.1, 0.15) is 10.4 Å². The Kier molecular flexibility index (Phi) is 6.23. The highest BCUT2D eigenvalue weighted by Crippen LogP contribution is 2.23. The van der Waals surface area contributed by atoms with Crippen molar-refractivity contribution in [2.75, 3.05) is 44.7 Å². The van der Waals surface area contributed by atoms with Crippen LogP contribution < -0.4 is 10.6 Å². The van der Waals surface area contributed by atoms with Crippen molar-refractivity contribution in [2.45, 2.75) is 0 Å². The first-order chi connectivity index (χ1) is 16.3. The fourth-order valence-electron chi connectivity index (χ4n) is 3.83. The maximum atomic E-state index is 12.7. The zero-order chi connectivity index (χ0) is 22.5. The average Bonchev–Trinajstić information content (AvgIpc) is 3.29. The molecule has 33 heavy (non-hydrogen) atoms. The zero-order valence-corrected chi connectivity index (χ0v) is 18.1. The first-order valence-electron chi connectivity index (χ1n) is 11.0. The van der Waals surface area contributed by atoms with E-state index in [9.17, 15) is 4.79 Å². The van der Waals surface area contributed by atoms with E-state index in [1.54, 1.807) is 41.6 Å². The third-order valence-corrected chi connectivity index (χ3v) is 5.56. The maximum absolute atomic E-state index is 12.7. The highest BCUT2D eigenvalue weighted by molar-refractivity contribution is 5.94. The van der Waals surface area contributed by atoms with E-state index in [1.807, 2.05) is 30.3 Å². The van der Waals surface area contributed by atoms with Crippen LogP contribution in [-0.2, 0) is 4.74 Å². The SMILES string of the molecule is O=C(NCCN1CCOCC1)c1ccnc(-n2ncc3cc(Nc4cccnc4)ccc32)c1. The van der Waals surface area contributed by atoms with Gasteiger partial charge in [-0.25, -0.2) is 9.67 Å². The topological polar surface area (TPSA) is 97.2 Å². The number of nitrogens with zero attached hydrogens (tertiary/aromatic N) is 5. The molecular formula is C24H25N7O2. The number of hydrogen-bond donors (Lipinski definition) is 2. The summed E-state index contributed by atoms with van der Waals surface area (Å²) in [5.41, 5.74) is 3.32. The molecule has 168 valence electrons. The Morgan fingerprint density at radius 2 is 1.94 bits per heavy atom. The number of fused-ring (bicyclic) bond motifs is 1. The fraction of sp³-hybridized carbons (Fsp3) is 0.250. The zero-order valence-electron chi connectivity index (χ0n) is 18.1. The summed E-state index contributed by atoms with van der Waals surface area (Å²) in [6, 6.07) is 13.3. The number of hydrogen-bond acceptors (Lipinski definition) is 7. The number of carbonyl (C=O) groups is 1. The Bertz CT molecular complexity index is 1240. The Labute approximate surface area is 191 Å². The standard InChI is InChI=1S/C24H25N7O2/c32-24(27-8-9-30-10-12-33-13-11-30)18-5-7-26-23(15-18)31-22-4-3-20(14-19(22)16-28-31)29-21-2-1-6-25-17-21/h1-7,14-17,29H,8-13H2,(H,27,32). The van der Waals surface area contributed by atoms with Crippen LogP contribution in [0, 0.1) is 0 Å². The van der Waals surface area contributed by atoms with Gasteiger partial charge in [0.15, 0.2) is 5.82 Å². The molecule has 0 atom stereocenters. The summed E-state index contributed by atoms with van der Waals surface area (Å²) >= 11 is 0. The quantitative estimate of drug-likeness (QED) is 0.453. The van der Waals surface area contributed by atoms with Crippen LogP contribution in [0.15, 0.2) is 67.3 Å². The molecule has 0 radical (unpaired) electrons. The lowest BCUT2D eigenvalue weighted by atomic mass is 10.2. The normalized spacial score (nSPS) is 14.3. The Morgan fingerprint density at radius 1 is 1.03 bits per heavy atom. The predicted octanol–water partition coefficient (Wildman–Crippen LogP) is 2.62. The Balaban J connectivity index is 1.28. The van der Waals surface area contributed by atoms with Crippen molar-refractivity contribution in [3.8, 4) is 5.82 Å². The van der Waals surface area contributed by atoms with Gasteiger partial charge >= 0.3 is 0 Å². The molecule has 5 rings (SSSR count). The van der Waals surface area contributed by atoms with Crippen LogP contribution in [0.4, 0.5) is 11.4 Å². The maximum Gasteiger partial charge on any atom is 0.251 e.